The number of carbonyl (C=O) groups excluding carboxylic acids is 1. The Morgan fingerprint density at radius 1 is 1.67 bits per heavy atom. The maximum absolute atomic E-state index is 9.47. The molecule has 0 N–H and O–H groups in total. The van der Waals surface area contributed by atoms with Crippen molar-refractivity contribution in [3.05, 3.63) is 0 Å². The first-order valence-electron chi connectivity index (χ1n) is 1.72. The third kappa shape index (κ3) is 3.69. The fourth-order valence-corrected chi connectivity index (χ4v) is 0.316. The van der Waals surface area contributed by atoms with E-state index in [1.54, 1.807) is 0 Å². The number of carbonyl (C=O) groups is 1. The Morgan fingerprint density at radius 3 is 2.17 bits per heavy atom. The van der Waals surface area contributed by atoms with Gasteiger partial charge in [-0.2, -0.15) is 0 Å². The molecule has 0 spiro atoms. The second-order valence-corrected chi connectivity index (χ2v) is 3.33. The van der Waals surface area contributed by atoms with Crippen LogP contribution in [0.4, 0.5) is 0 Å². The summed E-state index contributed by atoms with van der Waals surface area (Å²) in [5.74, 6) is 0. The predicted molar refractivity (Wildman–Crippen MR) is 26.0 cm³/mol. The highest BCUT2D eigenvalue weighted by Gasteiger charge is 1.71. The summed E-state index contributed by atoms with van der Waals surface area (Å²) < 4.78 is 3.55. The fraction of sp³-hybridized carbons (Fsp3) is 0.667. The van der Waals surface area contributed by atoms with Crippen LogP contribution in [0.5, 0.6) is 0 Å². The fourth-order valence-electron chi connectivity index (χ4n) is 0.105. The van der Waals surface area contributed by atoms with Gasteiger partial charge in [-0.15, -0.1) is 0 Å². The van der Waals surface area contributed by atoms with Crippen LogP contribution in [-0.2, 0) is 4.79 Å². The molecule has 1 amide bonds. The van der Waals surface area contributed by atoms with Gasteiger partial charge in [-0.1, -0.05) is 0 Å². The average molecular weight is 101 g/mol. The molecule has 0 aromatic rings. The van der Waals surface area contributed by atoms with E-state index in [9.17, 15) is 4.79 Å². The third-order valence-corrected chi connectivity index (χ3v) is 0.933. The second kappa shape index (κ2) is 2.90. The van der Waals surface area contributed by atoms with Gasteiger partial charge in [0.25, 0.3) is 0 Å². The maximum atomic E-state index is 9.47. The molecule has 0 aromatic carbocycles. The Hall–Kier alpha value is -0.313. The minimum Gasteiger partial charge on any atom is -0.277 e. The molecule has 3 heteroatoms. The van der Waals surface area contributed by atoms with Crippen molar-refractivity contribution in [2.24, 2.45) is 4.63 Å². The van der Waals surface area contributed by atoms with Crippen LogP contribution in [0.1, 0.15) is 0 Å². The summed E-state index contributed by atoms with van der Waals surface area (Å²) in [5.41, 5.74) is 0. The Balaban J connectivity index is 3.41. The first-order chi connectivity index (χ1) is 2.77. The molecule has 0 unspecified atom stereocenters. The van der Waals surface area contributed by atoms with Crippen molar-refractivity contribution in [1.82, 2.24) is 0 Å². The summed E-state index contributed by atoms with van der Waals surface area (Å²) in [5, 5.41) is 0. The standard InChI is InChI=1S/C3H7NOSi/c1-6(2)4-3-5/h3H,1-2H3. The molecule has 0 fully saturated rings. The highest BCUT2D eigenvalue weighted by atomic mass is 28.2. The number of rotatable bonds is 1. The summed E-state index contributed by atoms with van der Waals surface area (Å²) >= 11 is 0. The van der Waals surface area contributed by atoms with Gasteiger partial charge in [-0.05, 0) is 13.1 Å². The Labute approximate surface area is 38.5 Å². The Morgan fingerprint density at radius 2 is 2.17 bits per heavy atom. The first-order valence-corrected chi connectivity index (χ1v) is 4.16. The molecule has 0 bridgehead atoms. The molecule has 0 aromatic heterocycles. The van der Waals surface area contributed by atoms with E-state index in [4.69, 9.17) is 0 Å². The number of nitrogens with zero attached hydrogens (tertiary/aromatic N) is 1. The van der Waals surface area contributed by atoms with E-state index in [2.05, 4.69) is 4.63 Å². The predicted octanol–water partition coefficient (Wildman–Crippen LogP) is 0.662. The zero-order chi connectivity index (χ0) is 4.99. The molecule has 6 heavy (non-hydrogen) atoms. The molecule has 0 atom stereocenters. The molecule has 2 nitrogen and oxygen atoms in total. The van der Waals surface area contributed by atoms with Crippen molar-refractivity contribution in [3.8, 4) is 0 Å². The highest BCUT2D eigenvalue weighted by Crippen LogP contribution is 1.63. The van der Waals surface area contributed by atoms with Crippen molar-refractivity contribution in [1.29, 1.82) is 0 Å². The number of hydrogen-bond donors (Lipinski definition) is 0. The highest BCUT2D eigenvalue weighted by molar-refractivity contribution is 6.44. The van der Waals surface area contributed by atoms with Gasteiger partial charge in [-0.25, -0.2) is 0 Å². The molecule has 0 rings (SSSR count). The van der Waals surface area contributed by atoms with Crippen LogP contribution in [0.3, 0.4) is 0 Å². The lowest BCUT2D eigenvalue weighted by atomic mass is 11.5. The lowest BCUT2D eigenvalue weighted by Crippen LogP contribution is -1.80. The molecule has 34 valence electrons. The topological polar surface area (TPSA) is 29.4 Å². The van der Waals surface area contributed by atoms with E-state index in [1.165, 1.54) is 0 Å². The Kier molecular flexibility index (Phi) is 2.75. The minimum absolute atomic E-state index is 0.619. The van der Waals surface area contributed by atoms with Crippen LogP contribution >= 0.6 is 0 Å². The van der Waals surface area contributed by atoms with Gasteiger partial charge in [0.05, 0.1) is 0 Å². The van der Waals surface area contributed by atoms with E-state index in [0.717, 1.165) is 0 Å². The summed E-state index contributed by atoms with van der Waals surface area (Å²) in [7, 11) is -0.629. The lowest BCUT2D eigenvalue weighted by molar-refractivity contribution is -0.106. The van der Waals surface area contributed by atoms with Gasteiger partial charge in [0.1, 0.15) is 8.59 Å². The summed E-state index contributed by atoms with van der Waals surface area (Å²) in [4.78, 5) is 9.47. The van der Waals surface area contributed by atoms with Gasteiger partial charge in [-0.3, -0.25) is 9.43 Å². The van der Waals surface area contributed by atoms with Crippen LogP contribution in [-0.4, -0.2) is 15.0 Å². The zero-order valence-electron chi connectivity index (χ0n) is 3.93. The smallest absolute Gasteiger partial charge is 0.223 e. The SMILES string of the molecule is C[Si](C)=NC=O. The second-order valence-electron chi connectivity index (χ2n) is 1.18. The first kappa shape index (κ1) is 5.69. The molecule has 0 saturated heterocycles. The van der Waals surface area contributed by atoms with Gasteiger partial charge >= 0.3 is 0 Å². The van der Waals surface area contributed by atoms with Gasteiger partial charge in [0.2, 0.25) is 6.41 Å². The molecule has 0 aliphatic heterocycles. The van der Waals surface area contributed by atoms with Crippen molar-refractivity contribution in [3.63, 3.8) is 0 Å². The van der Waals surface area contributed by atoms with E-state index >= 15 is 0 Å². The summed E-state index contributed by atoms with van der Waals surface area (Å²) in [6, 6.07) is 0. The quantitative estimate of drug-likeness (QED) is 0.352. The van der Waals surface area contributed by atoms with Crippen LogP contribution in [0.25, 0.3) is 0 Å². The molecule has 0 aliphatic rings. The van der Waals surface area contributed by atoms with E-state index in [0.29, 0.717) is 6.41 Å². The third-order valence-electron chi connectivity index (χ3n) is 0.311. The van der Waals surface area contributed by atoms with Crippen LogP contribution in [0.2, 0.25) is 13.1 Å². The normalized spacial score (nSPS) is 7.00. The van der Waals surface area contributed by atoms with E-state index in [-0.39, 0.29) is 0 Å². The van der Waals surface area contributed by atoms with Crippen LogP contribution in [0.15, 0.2) is 4.63 Å². The molecule has 0 saturated carbocycles. The largest absolute Gasteiger partial charge is 0.277 e. The number of hydrogen-bond acceptors (Lipinski definition) is 1. The van der Waals surface area contributed by atoms with Crippen LogP contribution < -0.4 is 0 Å². The number of amides is 1. The van der Waals surface area contributed by atoms with Crippen molar-refractivity contribution < 1.29 is 4.79 Å². The molecule has 0 heterocycles. The van der Waals surface area contributed by atoms with Crippen LogP contribution in [0, 0.1) is 0 Å². The van der Waals surface area contributed by atoms with Gasteiger partial charge < -0.3 is 0 Å². The minimum atomic E-state index is -0.629. The molecule has 0 radical (unpaired) electrons. The van der Waals surface area contributed by atoms with Gasteiger partial charge in [0, 0.05) is 0 Å². The monoisotopic (exact) mass is 101 g/mol. The average Bonchev–Trinajstić information content (AvgIpc) is 1.35. The Bertz CT molecular complexity index is 74.9. The van der Waals surface area contributed by atoms with Crippen molar-refractivity contribution in [2.75, 3.05) is 0 Å². The van der Waals surface area contributed by atoms with E-state index in [1.807, 2.05) is 13.1 Å². The van der Waals surface area contributed by atoms with Crippen molar-refractivity contribution >= 4 is 15.0 Å². The molecule has 0 aliphatic carbocycles. The maximum Gasteiger partial charge on any atom is 0.223 e. The lowest BCUT2D eigenvalue weighted by Gasteiger charge is -1.70. The molecular weight excluding hydrogens is 94.1 g/mol. The summed E-state index contributed by atoms with van der Waals surface area (Å²) in [6.07, 6.45) is 0.619. The van der Waals surface area contributed by atoms with Gasteiger partial charge in [0.15, 0.2) is 0 Å². The zero-order valence-corrected chi connectivity index (χ0v) is 4.93. The summed E-state index contributed by atoms with van der Waals surface area (Å²) in [6.45, 7) is 3.91. The van der Waals surface area contributed by atoms with E-state index < -0.39 is 8.59 Å². The molecular formula is C3H7NOSi. The van der Waals surface area contributed by atoms with Crippen molar-refractivity contribution in [2.45, 2.75) is 13.1 Å².